The normalized spacial score (nSPS) is 12.4. The zero-order valence-corrected chi connectivity index (χ0v) is 11.1. The Morgan fingerprint density at radius 1 is 1.06 bits per heavy atom. The first kappa shape index (κ1) is 12.8. The molecule has 2 rings (SSSR count). The van der Waals surface area contributed by atoms with Gasteiger partial charge in [-0.25, -0.2) is 0 Å². The minimum absolute atomic E-state index is 0.537. The molecule has 0 fully saturated rings. The minimum atomic E-state index is -0.537. The molecule has 2 heteroatoms. The van der Waals surface area contributed by atoms with E-state index >= 15 is 0 Å². The molecule has 2 aromatic rings. The number of aliphatic hydroxyl groups is 1. The summed E-state index contributed by atoms with van der Waals surface area (Å²) in [5.41, 5.74) is 5.49. The van der Waals surface area contributed by atoms with Crippen LogP contribution in [0.1, 0.15) is 34.1 Å². The molecule has 94 valence electrons. The molecule has 1 aromatic heterocycles. The van der Waals surface area contributed by atoms with Crippen molar-refractivity contribution in [3.8, 4) is 0 Å². The molecule has 0 bridgehead atoms. The topological polar surface area (TPSA) is 33.1 Å². The van der Waals surface area contributed by atoms with E-state index in [0.29, 0.717) is 6.42 Å². The summed E-state index contributed by atoms with van der Waals surface area (Å²) >= 11 is 0. The van der Waals surface area contributed by atoms with Crippen LogP contribution in [-0.2, 0) is 6.42 Å². The Bertz CT molecular complexity index is 549. The molecule has 2 nitrogen and oxygen atoms in total. The van der Waals surface area contributed by atoms with Gasteiger partial charge in [-0.05, 0) is 49.6 Å². The number of aromatic nitrogens is 1. The molecule has 18 heavy (non-hydrogen) atoms. The van der Waals surface area contributed by atoms with Crippen molar-refractivity contribution in [1.29, 1.82) is 0 Å². The number of benzene rings is 1. The van der Waals surface area contributed by atoms with Crippen LogP contribution in [0.4, 0.5) is 0 Å². The fourth-order valence-electron chi connectivity index (χ4n) is 2.07. The number of nitrogens with zero attached hydrogens (tertiary/aromatic N) is 1. The van der Waals surface area contributed by atoms with Crippen molar-refractivity contribution in [3.05, 3.63) is 64.5 Å². The lowest BCUT2D eigenvalue weighted by atomic mass is 9.98. The Kier molecular flexibility index (Phi) is 3.78. The molecule has 1 atom stereocenters. The molecule has 0 spiro atoms. The van der Waals surface area contributed by atoms with Crippen LogP contribution in [0.2, 0.25) is 0 Å². The standard InChI is InChI=1S/C16H19NO/c1-11-4-5-13(3)14(8-11)10-16(18)15-9-12(2)6-7-17-15/h4-9,16,18H,10H2,1-3H3. The smallest absolute Gasteiger partial charge is 0.1000 e. The van der Waals surface area contributed by atoms with Gasteiger partial charge in [0.05, 0.1) is 11.8 Å². The molecule has 1 unspecified atom stereocenters. The van der Waals surface area contributed by atoms with Crippen molar-refractivity contribution in [1.82, 2.24) is 4.98 Å². The average Bonchev–Trinajstić information content (AvgIpc) is 2.34. The van der Waals surface area contributed by atoms with Gasteiger partial charge in [0.1, 0.15) is 0 Å². The van der Waals surface area contributed by atoms with Gasteiger partial charge in [-0.1, -0.05) is 23.8 Å². The van der Waals surface area contributed by atoms with E-state index in [1.54, 1.807) is 6.20 Å². The average molecular weight is 241 g/mol. The third-order valence-electron chi connectivity index (χ3n) is 3.20. The summed E-state index contributed by atoms with van der Waals surface area (Å²) in [5.74, 6) is 0. The van der Waals surface area contributed by atoms with Crippen LogP contribution >= 0.6 is 0 Å². The van der Waals surface area contributed by atoms with E-state index in [4.69, 9.17) is 0 Å². The minimum Gasteiger partial charge on any atom is -0.386 e. The van der Waals surface area contributed by atoms with Crippen LogP contribution in [0.15, 0.2) is 36.5 Å². The second-order valence-electron chi connectivity index (χ2n) is 4.91. The molecule has 0 amide bonds. The van der Waals surface area contributed by atoms with Gasteiger partial charge in [-0.2, -0.15) is 0 Å². The Balaban J connectivity index is 2.21. The van der Waals surface area contributed by atoms with Crippen LogP contribution in [0.5, 0.6) is 0 Å². The summed E-state index contributed by atoms with van der Waals surface area (Å²) in [4.78, 5) is 4.24. The third-order valence-corrected chi connectivity index (χ3v) is 3.20. The van der Waals surface area contributed by atoms with E-state index in [2.05, 4.69) is 37.0 Å². The second-order valence-corrected chi connectivity index (χ2v) is 4.91. The van der Waals surface area contributed by atoms with Gasteiger partial charge in [-0.15, -0.1) is 0 Å². The van der Waals surface area contributed by atoms with Crippen LogP contribution in [0, 0.1) is 20.8 Å². The third kappa shape index (κ3) is 2.96. The quantitative estimate of drug-likeness (QED) is 0.894. The van der Waals surface area contributed by atoms with Gasteiger partial charge < -0.3 is 5.11 Å². The summed E-state index contributed by atoms with van der Waals surface area (Å²) in [6, 6.07) is 10.2. The van der Waals surface area contributed by atoms with Gasteiger partial charge >= 0.3 is 0 Å². The summed E-state index contributed by atoms with van der Waals surface area (Å²) in [5, 5.41) is 10.3. The van der Waals surface area contributed by atoms with Gasteiger partial charge in [-0.3, -0.25) is 4.98 Å². The molecule has 0 saturated carbocycles. The van der Waals surface area contributed by atoms with Crippen LogP contribution < -0.4 is 0 Å². The molecule has 1 N–H and O–H groups in total. The molecule has 0 saturated heterocycles. The largest absolute Gasteiger partial charge is 0.386 e. The number of rotatable bonds is 3. The highest BCUT2D eigenvalue weighted by Gasteiger charge is 2.11. The van der Waals surface area contributed by atoms with Gasteiger partial charge in [0, 0.05) is 12.6 Å². The Labute approximate surface area is 108 Å². The predicted octanol–water partition coefficient (Wildman–Crippen LogP) is 3.28. The molecule has 0 aliphatic rings. The van der Waals surface area contributed by atoms with Crippen LogP contribution in [-0.4, -0.2) is 10.1 Å². The summed E-state index contributed by atoms with van der Waals surface area (Å²) in [6.07, 6.45) is 1.83. The van der Waals surface area contributed by atoms with E-state index in [0.717, 1.165) is 11.3 Å². The van der Waals surface area contributed by atoms with Crippen molar-refractivity contribution in [3.63, 3.8) is 0 Å². The zero-order chi connectivity index (χ0) is 13.1. The molecule has 0 aliphatic carbocycles. The number of aliphatic hydroxyl groups excluding tert-OH is 1. The van der Waals surface area contributed by atoms with E-state index < -0.39 is 6.10 Å². The Hall–Kier alpha value is -1.67. The zero-order valence-electron chi connectivity index (χ0n) is 11.1. The van der Waals surface area contributed by atoms with Crippen molar-refractivity contribution in [2.24, 2.45) is 0 Å². The lowest BCUT2D eigenvalue weighted by Gasteiger charge is -2.13. The first-order chi connectivity index (χ1) is 8.56. The first-order valence-corrected chi connectivity index (χ1v) is 6.23. The summed E-state index contributed by atoms with van der Waals surface area (Å²) in [6.45, 7) is 6.15. The van der Waals surface area contributed by atoms with Crippen molar-refractivity contribution in [2.45, 2.75) is 33.3 Å². The number of pyridine rings is 1. The highest BCUT2D eigenvalue weighted by Crippen LogP contribution is 2.20. The highest BCUT2D eigenvalue weighted by atomic mass is 16.3. The highest BCUT2D eigenvalue weighted by molar-refractivity contribution is 5.31. The van der Waals surface area contributed by atoms with Gasteiger partial charge in [0.15, 0.2) is 0 Å². The number of hydrogen-bond donors (Lipinski definition) is 1. The van der Waals surface area contributed by atoms with E-state index in [1.165, 1.54) is 16.7 Å². The molecule has 0 radical (unpaired) electrons. The SMILES string of the molecule is Cc1ccnc(C(O)Cc2cc(C)ccc2C)c1. The van der Waals surface area contributed by atoms with E-state index in [-0.39, 0.29) is 0 Å². The monoisotopic (exact) mass is 241 g/mol. The Morgan fingerprint density at radius 3 is 2.50 bits per heavy atom. The van der Waals surface area contributed by atoms with Gasteiger partial charge in [0.25, 0.3) is 0 Å². The van der Waals surface area contributed by atoms with Crippen LogP contribution in [0.25, 0.3) is 0 Å². The maximum atomic E-state index is 10.3. The number of hydrogen-bond acceptors (Lipinski definition) is 2. The predicted molar refractivity (Wildman–Crippen MR) is 73.6 cm³/mol. The fourth-order valence-corrected chi connectivity index (χ4v) is 2.07. The molecule has 0 aliphatic heterocycles. The molecule has 1 heterocycles. The van der Waals surface area contributed by atoms with Crippen molar-refractivity contribution < 1.29 is 5.11 Å². The van der Waals surface area contributed by atoms with Crippen molar-refractivity contribution in [2.75, 3.05) is 0 Å². The second kappa shape index (κ2) is 5.32. The fraction of sp³-hybridized carbons (Fsp3) is 0.312. The number of aryl methyl sites for hydroxylation is 3. The molecular weight excluding hydrogens is 222 g/mol. The maximum Gasteiger partial charge on any atom is 0.1000 e. The Morgan fingerprint density at radius 2 is 1.78 bits per heavy atom. The molecule has 1 aromatic carbocycles. The van der Waals surface area contributed by atoms with Gasteiger partial charge in [0.2, 0.25) is 0 Å². The van der Waals surface area contributed by atoms with E-state index in [1.807, 2.05) is 19.1 Å². The summed E-state index contributed by atoms with van der Waals surface area (Å²) < 4.78 is 0. The summed E-state index contributed by atoms with van der Waals surface area (Å²) in [7, 11) is 0. The van der Waals surface area contributed by atoms with Crippen LogP contribution in [0.3, 0.4) is 0 Å². The van der Waals surface area contributed by atoms with Crippen molar-refractivity contribution >= 4 is 0 Å². The lowest BCUT2D eigenvalue weighted by Crippen LogP contribution is -2.05. The lowest BCUT2D eigenvalue weighted by molar-refractivity contribution is 0.173. The van der Waals surface area contributed by atoms with E-state index in [9.17, 15) is 5.11 Å². The molecular formula is C16H19NO. The maximum absolute atomic E-state index is 10.3. The first-order valence-electron chi connectivity index (χ1n) is 6.23.